The van der Waals surface area contributed by atoms with Crippen LogP contribution in [-0.4, -0.2) is 45.7 Å². The fraction of sp³-hybridized carbons (Fsp3) is 0.533. The third-order valence-corrected chi connectivity index (χ3v) is 4.14. The zero-order valence-electron chi connectivity index (χ0n) is 12.3. The molecule has 0 saturated carbocycles. The molecule has 2 heterocycles. The number of carbonyl (C=O) groups is 3. The first-order chi connectivity index (χ1) is 9.89. The van der Waals surface area contributed by atoms with Crippen LogP contribution in [-0.2, 0) is 4.79 Å². The Balaban J connectivity index is 2.14. The average Bonchev–Trinajstić information content (AvgIpc) is 3.06. The van der Waals surface area contributed by atoms with Gasteiger partial charge in [-0.3, -0.25) is 14.4 Å². The molecule has 6 heteroatoms. The molecule has 1 amide bonds. The first-order valence-corrected chi connectivity index (χ1v) is 7.11. The van der Waals surface area contributed by atoms with Gasteiger partial charge in [-0.05, 0) is 25.8 Å². The second-order valence-corrected chi connectivity index (χ2v) is 5.67. The van der Waals surface area contributed by atoms with Gasteiger partial charge in [0.25, 0.3) is 5.91 Å². The number of carbonyl (C=O) groups excluding carboxylic acids is 2. The van der Waals surface area contributed by atoms with Gasteiger partial charge in [-0.2, -0.15) is 0 Å². The predicted molar refractivity (Wildman–Crippen MR) is 76.3 cm³/mol. The van der Waals surface area contributed by atoms with E-state index in [-0.39, 0.29) is 18.2 Å². The number of nitrogens with zero attached hydrogens (tertiary/aromatic N) is 1. The lowest BCUT2D eigenvalue weighted by Gasteiger charge is -2.24. The highest BCUT2D eigenvalue weighted by Gasteiger charge is 2.45. The van der Waals surface area contributed by atoms with E-state index in [0.717, 1.165) is 6.42 Å². The van der Waals surface area contributed by atoms with Gasteiger partial charge in [0.15, 0.2) is 5.78 Å². The summed E-state index contributed by atoms with van der Waals surface area (Å²) in [6.45, 7) is 4.03. The number of Topliss-reactive ketones (excluding diaryl/α,β-unsaturated/α-hetero) is 1. The second kappa shape index (κ2) is 5.71. The molecule has 0 radical (unpaired) electrons. The number of hydrogen-bond donors (Lipinski definition) is 2. The van der Waals surface area contributed by atoms with Crippen molar-refractivity contribution in [3.05, 3.63) is 23.5 Å². The minimum Gasteiger partial charge on any atom is -0.481 e. The van der Waals surface area contributed by atoms with Gasteiger partial charge in [0, 0.05) is 24.8 Å². The van der Waals surface area contributed by atoms with Crippen LogP contribution in [0.25, 0.3) is 0 Å². The van der Waals surface area contributed by atoms with E-state index in [1.165, 1.54) is 19.2 Å². The summed E-state index contributed by atoms with van der Waals surface area (Å²) in [7, 11) is 0. The Bertz CT molecular complexity index is 578. The summed E-state index contributed by atoms with van der Waals surface area (Å²) in [6.07, 6.45) is 3.31. The van der Waals surface area contributed by atoms with Crippen LogP contribution in [0.1, 0.15) is 54.0 Å². The van der Waals surface area contributed by atoms with E-state index in [0.29, 0.717) is 30.6 Å². The van der Waals surface area contributed by atoms with Crippen LogP contribution in [0.4, 0.5) is 0 Å². The lowest BCUT2D eigenvalue weighted by Crippen LogP contribution is -2.37. The van der Waals surface area contributed by atoms with Crippen molar-refractivity contribution in [1.29, 1.82) is 0 Å². The minimum atomic E-state index is -0.837. The Morgan fingerprint density at radius 1 is 1.43 bits per heavy atom. The Hall–Kier alpha value is -2.11. The van der Waals surface area contributed by atoms with E-state index in [2.05, 4.69) is 4.98 Å². The fourth-order valence-corrected chi connectivity index (χ4v) is 2.90. The molecule has 21 heavy (non-hydrogen) atoms. The molecule has 0 aliphatic carbocycles. The van der Waals surface area contributed by atoms with Gasteiger partial charge in [0.2, 0.25) is 0 Å². The number of carboxylic acid groups (broad SMARTS) is 1. The van der Waals surface area contributed by atoms with Crippen LogP contribution in [0.2, 0.25) is 0 Å². The summed E-state index contributed by atoms with van der Waals surface area (Å²) < 4.78 is 0. The summed E-state index contributed by atoms with van der Waals surface area (Å²) in [5.41, 5.74) is -0.0473. The lowest BCUT2D eigenvalue weighted by atomic mass is 9.83. The zero-order valence-corrected chi connectivity index (χ0v) is 12.3. The SMILES string of the molecule is CCCC1(C(=O)O)CCN(C(=O)c2cc(C(C)=O)c[nH]2)C1. The number of rotatable bonds is 5. The largest absolute Gasteiger partial charge is 0.481 e. The van der Waals surface area contributed by atoms with Crippen LogP contribution in [0, 0.1) is 5.41 Å². The van der Waals surface area contributed by atoms with Crippen LogP contribution < -0.4 is 0 Å². The maximum Gasteiger partial charge on any atom is 0.311 e. The molecule has 1 aromatic rings. The van der Waals surface area contributed by atoms with Crippen molar-refractivity contribution in [1.82, 2.24) is 9.88 Å². The Kier molecular flexibility index (Phi) is 4.16. The van der Waals surface area contributed by atoms with Crippen LogP contribution in [0.3, 0.4) is 0 Å². The van der Waals surface area contributed by atoms with E-state index in [4.69, 9.17) is 0 Å². The second-order valence-electron chi connectivity index (χ2n) is 5.67. The van der Waals surface area contributed by atoms with Crippen molar-refractivity contribution >= 4 is 17.7 Å². The van der Waals surface area contributed by atoms with Gasteiger partial charge in [-0.1, -0.05) is 13.3 Å². The number of aromatic amines is 1. The lowest BCUT2D eigenvalue weighted by molar-refractivity contribution is -0.148. The molecule has 1 unspecified atom stereocenters. The minimum absolute atomic E-state index is 0.113. The van der Waals surface area contributed by atoms with Crippen molar-refractivity contribution in [3.8, 4) is 0 Å². The topological polar surface area (TPSA) is 90.5 Å². The molecule has 1 aliphatic rings. The van der Waals surface area contributed by atoms with Gasteiger partial charge in [0.05, 0.1) is 5.41 Å². The van der Waals surface area contributed by atoms with Crippen LogP contribution >= 0.6 is 0 Å². The molecule has 1 aliphatic heterocycles. The number of nitrogens with one attached hydrogen (secondary N) is 1. The number of amides is 1. The highest BCUT2D eigenvalue weighted by atomic mass is 16.4. The molecular weight excluding hydrogens is 272 g/mol. The molecule has 2 N–H and O–H groups in total. The molecule has 114 valence electrons. The van der Waals surface area contributed by atoms with E-state index in [1.54, 1.807) is 4.90 Å². The molecule has 0 aromatic carbocycles. The first-order valence-electron chi connectivity index (χ1n) is 7.11. The van der Waals surface area contributed by atoms with Crippen molar-refractivity contribution < 1.29 is 19.5 Å². The Labute approximate surface area is 123 Å². The number of hydrogen-bond acceptors (Lipinski definition) is 3. The Morgan fingerprint density at radius 2 is 2.14 bits per heavy atom. The molecule has 1 aromatic heterocycles. The smallest absolute Gasteiger partial charge is 0.311 e. The summed E-state index contributed by atoms with van der Waals surface area (Å²) in [6, 6.07) is 1.52. The number of aromatic nitrogens is 1. The molecule has 0 bridgehead atoms. The van der Waals surface area contributed by atoms with Gasteiger partial charge < -0.3 is 15.0 Å². The Morgan fingerprint density at radius 3 is 2.67 bits per heavy atom. The molecule has 2 rings (SSSR count). The molecule has 1 fully saturated rings. The number of aliphatic carboxylic acids is 1. The van der Waals surface area contributed by atoms with Gasteiger partial charge >= 0.3 is 5.97 Å². The average molecular weight is 292 g/mol. The molecule has 0 spiro atoms. The predicted octanol–water partition coefficient (Wildman–Crippen LogP) is 1.93. The van der Waals surface area contributed by atoms with Crippen LogP contribution in [0.15, 0.2) is 12.3 Å². The number of H-pyrrole nitrogens is 1. The molecule has 1 atom stereocenters. The first kappa shape index (κ1) is 15.3. The van der Waals surface area contributed by atoms with Gasteiger partial charge in [-0.15, -0.1) is 0 Å². The highest BCUT2D eigenvalue weighted by Crippen LogP contribution is 2.36. The van der Waals surface area contributed by atoms with E-state index >= 15 is 0 Å². The third kappa shape index (κ3) is 2.84. The van der Waals surface area contributed by atoms with Crippen molar-refractivity contribution in [3.63, 3.8) is 0 Å². The summed E-state index contributed by atoms with van der Waals surface area (Å²) >= 11 is 0. The standard InChI is InChI=1S/C15H20N2O4/c1-3-4-15(14(20)21)5-6-17(9-15)13(19)12-7-11(8-16-12)10(2)18/h7-8,16H,3-6,9H2,1-2H3,(H,20,21). The quantitative estimate of drug-likeness (QED) is 0.811. The monoisotopic (exact) mass is 292 g/mol. The van der Waals surface area contributed by atoms with E-state index in [9.17, 15) is 19.5 Å². The van der Waals surface area contributed by atoms with Gasteiger partial charge in [-0.25, -0.2) is 0 Å². The normalized spacial score (nSPS) is 21.5. The molecular formula is C15H20N2O4. The van der Waals surface area contributed by atoms with Gasteiger partial charge in [0.1, 0.15) is 5.69 Å². The molecule has 6 nitrogen and oxygen atoms in total. The number of likely N-dealkylation sites (tertiary alicyclic amines) is 1. The maximum atomic E-state index is 12.4. The summed E-state index contributed by atoms with van der Waals surface area (Å²) in [5, 5.41) is 9.45. The van der Waals surface area contributed by atoms with Crippen molar-refractivity contribution in [2.75, 3.05) is 13.1 Å². The molecule has 1 saturated heterocycles. The third-order valence-electron chi connectivity index (χ3n) is 4.14. The van der Waals surface area contributed by atoms with E-state index in [1.807, 2.05) is 6.92 Å². The highest BCUT2D eigenvalue weighted by molar-refractivity contribution is 5.99. The van der Waals surface area contributed by atoms with Crippen molar-refractivity contribution in [2.45, 2.75) is 33.1 Å². The van der Waals surface area contributed by atoms with Crippen LogP contribution in [0.5, 0.6) is 0 Å². The van der Waals surface area contributed by atoms with Crippen molar-refractivity contribution in [2.24, 2.45) is 5.41 Å². The van der Waals surface area contributed by atoms with E-state index < -0.39 is 11.4 Å². The number of ketones is 1. The fourth-order valence-electron chi connectivity index (χ4n) is 2.90. The zero-order chi connectivity index (χ0) is 15.6. The summed E-state index contributed by atoms with van der Waals surface area (Å²) in [5.74, 6) is -1.20. The maximum absolute atomic E-state index is 12.4. The number of carboxylic acids is 1. The summed E-state index contributed by atoms with van der Waals surface area (Å²) in [4.78, 5) is 39.5.